The van der Waals surface area contributed by atoms with Gasteiger partial charge < -0.3 is 10.2 Å². The zero-order valence-electron chi connectivity index (χ0n) is 13.2. The van der Waals surface area contributed by atoms with Gasteiger partial charge in [-0.25, -0.2) is 0 Å². The summed E-state index contributed by atoms with van der Waals surface area (Å²) in [5.41, 5.74) is 1.18. The number of rotatable bonds is 5. The van der Waals surface area contributed by atoms with Gasteiger partial charge in [0.25, 0.3) is 0 Å². The molecule has 1 aliphatic heterocycles. The second-order valence-electron chi connectivity index (χ2n) is 5.99. The number of nitrogens with one attached hydrogen (secondary N) is 1. The Balaban J connectivity index is 1.82. The monoisotopic (exact) mass is 289 g/mol. The largest absolute Gasteiger partial charge is 0.340 e. The van der Waals surface area contributed by atoms with Crippen molar-refractivity contribution >= 4 is 5.91 Å². The van der Waals surface area contributed by atoms with E-state index in [4.69, 9.17) is 0 Å². The molecule has 4 heteroatoms. The van der Waals surface area contributed by atoms with Crippen LogP contribution in [0.1, 0.15) is 24.8 Å². The average molecular weight is 289 g/mol. The highest BCUT2D eigenvalue weighted by Crippen LogP contribution is 2.12. The van der Waals surface area contributed by atoms with Crippen LogP contribution in [-0.2, 0) is 11.3 Å². The third-order valence-electron chi connectivity index (χ3n) is 4.24. The van der Waals surface area contributed by atoms with E-state index >= 15 is 0 Å². The third-order valence-corrected chi connectivity index (χ3v) is 4.24. The normalized spacial score (nSPS) is 19.3. The minimum Gasteiger partial charge on any atom is -0.340 e. The van der Waals surface area contributed by atoms with Crippen molar-refractivity contribution in [3.8, 4) is 0 Å². The van der Waals surface area contributed by atoms with E-state index in [2.05, 4.69) is 29.4 Å². The van der Waals surface area contributed by atoms with Gasteiger partial charge in [-0.05, 0) is 45.0 Å². The molecular weight excluding hydrogens is 262 g/mol. The smallest absolute Gasteiger partial charge is 0.236 e. The molecule has 1 aromatic carbocycles. The Morgan fingerprint density at radius 2 is 1.95 bits per heavy atom. The van der Waals surface area contributed by atoms with Gasteiger partial charge in [0.05, 0.1) is 6.54 Å². The van der Waals surface area contributed by atoms with E-state index in [9.17, 15) is 4.79 Å². The first-order valence-corrected chi connectivity index (χ1v) is 7.85. The van der Waals surface area contributed by atoms with Crippen LogP contribution < -0.4 is 5.32 Å². The number of hydrogen-bond donors (Lipinski definition) is 1. The molecule has 1 atom stereocenters. The minimum atomic E-state index is 0.193. The van der Waals surface area contributed by atoms with Crippen LogP contribution in [0.15, 0.2) is 30.3 Å². The van der Waals surface area contributed by atoms with Crippen molar-refractivity contribution in [2.75, 3.05) is 33.7 Å². The Morgan fingerprint density at radius 3 is 2.71 bits per heavy atom. The highest BCUT2D eigenvalue weighted by molar-refractivity contribution is 5.78. The summed E-state index contributed by atoms with van der Waals surface area (Å²) in [5.74, 6) is 0.193. The molecule has 0 aromatic heterocycles. The molecule has 4 nitrogen and oxygen atoms in total. The molecule has 0 aliphatic carbocycles. The van der Waals surface area contributed by atoms with Crippen molar-refractivity contribution in [1.29, 1.82) is 0 Å². The zero-order chi connectivity index (χ0) is 15.1. The number of nitrogens with zero attached hydrogens (tertiary/aromatic N) is 2. The fraction of sp³-hybridized carbons (Fsp3) is 0.588. The van der Waals surface area contributed by atoms with Gasteiger partial charge >= 0.3 is 0 Å². The van der Waals surface area contributed by atoms with E-state index in [-0.39, 0.29) is 5.91 Å². The number of carbonyl (C=O) groups excluding carboxylic acids is 1. The molecule has 1 amide bonds. The lowest BCUT2D eigenvalue weighted by Crippen LogP contribution is -2.41. The van der Waals surface area contributed by atoms with E-state index in [1.807, 2.05) is 30.1 Å². The maximum Gasteiger partial charge on any atom is 0.236 e. The minimum absolute atomic E-state index is 0.193. The van der Waals surface area contributed by atoms with E-state index in [1.165, 1.54) is 18.4 Å². The molecule has 0 bridgehead atoms. The Kier molecular flexibility index (Phi) is 6.21. The molecule has 1 saturated heterocycles. The predicted octanol–water partition coefficient (Wildman–Crippen LogP) is 1.72. The van der Waals surface area contributed by atoms with Crippen LogP contribution in [0.2, 0.25) is 0 Å². The lowest BCUT2D eigenvalue weighted by Gasteiger charge is -2.28. The molecule has 0 saturated carbocycles. The number of carbonyl (C=O) groups is 1. The maximum atomic E-state index is 12.4. The van der Waals surface area contributed by atoms with E-state index in [1.54, 1.807) is 0 Å². The summed E-state index contributed by atoms with van der Waals surface area (Å²) >= 11 is 0. The first-order valence-electron chi connectivity index (χ1n) is 7.85. The molecule has 1 heterocycles. The quantitative estimate of drug-likeness (QED) is 0.896. The second-order valence-corrected chi connectivity index (χ2v) is 5.99. The van der Waals surface area contributed by atoms with Crippen molar-refractivity contribution in [1.82, 2.24) is 15.1 Å². The van der Waals surface area contributed by atoms with Gasteiger partial charge in [0, 0.05) is 19.6 Å². The van der Waals surface area contributed by atoms with E-state index in [0.29, 0.717) is 19.1 Å². The molecule has 0 radical (unpaired) electrons. The van der Waals surface area contributed by atoms with E-state index in [0.717, 1.165) is 19.5 Å². The highest BCUT2D eigenvalue weighted by atomic mass is 16.2. The predicted molar refractivity (Wildman–Crippen MR) is 86.1 cm³/mol. The molecule has 1 aromatic rings. The Bertz CT molecular complexity index is 427. The van der Waals surface area contributed by atoms with Crippen LogP contribution in [0.5, 0.6) is 0 Å². The van der Waals surface area contributed by atoms with Gasteiger partial charge in [-0.3, -0.25) is 9.69 Å². The summed E-state index contributed by atoms with van der Waals surface area (Å²) in [7, 11) is 3.96. The van der Waals surface area contributed by atoms with Crippen LogP contribution in [0, 0.1) is 0 Å². The lowest BCUT2D eigenvalue weighted by atomic mass is 10.1. The first-order chi connectivity index (χ1) is 10.2. The van der Waals surface area contributed by atoms with Gasteiger partial charge in [-0.1, -0.05) is 30.3 Å². The number of amides is 1. The molecule has 1 unspecified atom stereocenters. The van der Waals surface area contributed by atoms with Crippen LogP contribution in [0.25, 0.3) is 0 Å². The van der Waals surface area contributed by atoms with Crippen molar-refractivity contribution in [3.63, 3.8) is 0 Å². The molecule has 1 aliphatic rings. The summed E-state index contributed by atoms with van der Waals surface area (Å²) < 4.78 is 0. The zero-order valence-corrected chi connectivity index (χ0v) is 13.2. The molecule has 116 valence electrons. The third kappa shape index (κ3) is 5.14. The number of benzene rings is 1. The van der Waals surface area contributed by atoms with Crippen molar-refractivity contribution < 1.29 is 4.79 Å². The average Bonchev–Trinajstić information content (AvgIpc) is 2.77. The van der Waals surface area contributed by atoms with Gasteiger partial charge in [0.2, 0.25) is 5.91 Å². The van der Waals surface area contributed by atoms with Gasteiger partial charge in [-0.15, -0.1) is 0 Å². The molecule has 1 fully saturated rings. The fourth-order valence-electron chi connectivity index (χ4n) is 2.85. The Labute approximate surface area is 128 Å². The molecule has 21 heavy (non-hydrogen) atoms. The standard InChI is InChI=1S/C17H27N3O/c1-19(16-9-6-11-18-12-10-16)14-17(21)20(2)13-15-7-4-3-5-8-15/h3-5,7-8,16,18H,6,9-14H2,1-2H3. The van der Waals surface area contributed by atoms with Crippen LogP contribution in [-0.4, -0.2) is 55.5 Å². The van der Waals surface area contributed by atoms with Crippen LogP contribution in [0.3, 0.4) is 0 Å². The number of likely N-dealkylation sites (N-methyl/N-ethyl adjacent to an activating group) is 2. The Hall–Kier alpha value is -1.39. The molecular formula is C17H27N3O. The molecule has 1 N–H and O–H groups in total. The lowest BCUT2D eigenvalue weighted by molar-refractivity contribution is -0.131. The molecule has 2 rings (SSSR count). The van der Waals surface area contributed by atoms with Gasteiger partial charge in [0.1, 0.15) is 0 Å². The topological polar surface area (TPSA) is 35.6 Å². The summed E-state index contributed by atoms with van der Waals surface area (Å²) in [6, 6.07) is 10.7. The first kappa shape index (κ1) is 16.0. The summed E-state index contributed by atoms with van der Waals surface area (Å²) in [6.07, 6.45) is 3.51. The van der Waals surface area contributed by atoms with Crippen LogP contribution in [0.4, 0.5) is 0 Å². The maximum absolute atomic E-state index is 12.4. The number of hydrogen-bond acceptors (Lipinski definition) is 3. The van der Waals surface area contributed by atoms with Gasteiger partial charge in [0.15, 0.2) is 0 Å². The summed E-state index contributed by atoms with van der Waals surface area (Å²) in [4.78, 5) is 16.4. The second kappa shape index (κ2) is 8.15. The van der Waals surface area contributed by atoms with E-state index < -0.39 is 0 Å². The summed E-state index contributed by atoms with van der Waals surface area (Å²) in [6.45, 7) is 3.35. The fourth-order valence-corrected chi connectivity index (χ4v) is 2.85. The van der Waals surface area contributed by atoms with Crippen molar-refractivity contribution in [2.45, 2.75) is 31.8 Å². The van der Waals surface area contributed by atoms with Crippen LogP contribution >= 0.6 is 0 Å². The molecule has 0 spiro atoms. The van der Waals surface area contributed by atoms with Crippen molar-refractivity contribution in [3.05, 3.63) is 35.9 Å². The van der Waals surface area contributed by atoms with Crippen molar-refractivity contribution in [2.24, 2.45) is 0 Å². The van der Waals surface area contributed by atoms with Gasteiger partial charge in [-0.2, -0.15) is 0 Å². The Morgan fingerprint density at radius 1 is 1.19 bits per heavy atom. The SMILES string of the molecule is CN(Cc1ccccc1)C(=O)CN(C)C1CCCNCC1. The highest BCUT2D eigenvalue weighted by Gasteiger charge is 2.20. The summed E-state index contributed by atoms with van der Waals surface area (Å²) in [5, 5.41) is 3.42.